The SMILES string of the molecule is Cc1ccc([C@@H]2CCCN2C(=O)Cc2sc(=S)[nH]c2C)s1. The summed E-state index contributed by atoms with van der Waals surface area (Å²) in [6.07, 6.45) is 2.63. The molecule has 0 aromatic carbocycles. The van der Waals surface area contributed by atoms with E-state index in [1.165, 1.54) is 21.1 Å². The number of amides is 1. The molecule has 1 N–H and O–H groups in total. The van der Waals surface area contributed by atoms with Gasteiger partial charge in [-0.25, -0.2) is 0 Å². The lowest BCUT2D eigenvalue weighted by atomic mass is 10.1. The van der Waals surface area contributed by atoms with Crippen LogP contribution in [0.5, 0.6) is 0 Å². The normalized spacial score (nSPS) is 18.4. The Kier molecular flexibility index (Phi) is 4.28. The molecule has 6 heteroatoms. The van der Waals surface area contributed by atoms with Gasteiger partial charge in [0.15, 0.2) is 3.95 Å². The molecule has 1 atom stereocenters. The van der Waals surface area contributed by atoms with Crippen LogP contribution < -0.4 is 0 Å². The maximum absolute atomic E-state index is 12.7. The van der Waals surface area contributed by atoms with Gasteiger partial charge >= 0.3 is 0 Å². The van der Waals surface area contributed by atoms with Crippen LogP contribution in [0.3, 0.4) is 0 Å². The number of aromatic nitrogens is 1. The lowest BCUT2D eigenvalue weighted by Crippen LogP contribution is -2.31. The molecule has 0 spiro atoms. The van der Waals surface area contributed by atoms with E-state index in [1.54, 1.807) is 11.3 Å². The highest BCUT2D eigenvalue weighted by Crippen LogP contribution is 2.36. The van der Waals surface area contributed by atoms with Crippen LogP contribution in [-0.4, -0.2) is 22.3 Å². The molecule has 0 aliphatic carbocycles. The summed E-state index contributed by atoms with van der Waals surface area (Å²) >= 11 is 8.47. The zero-order valence-corrected chi connectivity index (χ0v) is 14.6. The Bertz CT molecular complexity index is 713. The number of nitrogens with zero attached hydrogens (tertiary/aromatic N) is 1. The second-order valence-corrected chi connectivity index (χ2v) is 8.52. The van der Waals surface area contributed by atoms with Crippen molar-refractivity contribution >= 4 is 40.8 Å². The summed E-state index contributed by atoms with van der Waals surface area (Å²) in [5.41, 5.74) is 1.03. The Labute approximate surface area is 137 Å². The number of carbonyl (C=O) groups is 1. The molecular formula is C15H18N2OS3. The molecule has 0 saturated carbocycles. The van der Waals surface area contributed by atoms with Crippen molar-refractivity contribution in [3.05, 3.63) is 36.4 Å². The van der Waals surface area contributed by atoms with Crippen LogP contribution >= 0.6 is 34.9 Å². The Hall–Kier alpha value is -0.980. The van der Waals surface area contributed by atoms with Crippen molar-refractivity contribution in [3.8, 4) is 0 Å². The zero-order chi connectivity index (χ0) is 15.0. The summed E-state index contributed by atoms with van der Waals surface area (Å²) in [5.74, 6) is 0.219. The Morgan fingerprint density at radius 2 is 2.24 bits per heavy atom. The number of rotatable bonds is 3. The highest BCUT2D eigenvalue weighted by molar-refractivity contribution is 7.73. The fourth-order valence-corrected chi connectivity index (χ4v) is 5.15. The number of aryl methyl sites for hydroxylation is 2. The first-order chi connectivity index (χ1) is 10.0. The molecule has 2 aromatic heterocycles. The van der Waals surface area contributed by atoms with E-state index in [-0.39, 0.29) is 11.9 Å². The van der Waals surface area contributed by atoms with Gasteiger partial charge in [-0.1, -0.05) is 0 Å². The van der Waals surface area contributed by atoms with Gasteiger partial charge in [0.1, 0.15) is 0 Å². The molecule has 0 bridgehead atoms. The van der Waals surface area contributed by atoms with Crippen LogP contribution in [0.2, 0.25) is 0 Å². The van der Waals surface area contributed by atoms with Crippen LogP contribution in [0.4, 0.5) is 0 Å². The molecule has 1 fully saturated rings. The molecule has 3 rings (SSSR count). The maximum Gasteiger partial charge on any atom is 0.228 e. The third kappa shape index (κ3) is 3.12. The van der Waals surface area contributed by atoms with Crippen LogP contribution in [0, 0.1) is 17.8 Å². The minimum absolute atomic E-state index is 0.219. The van der Waals surface area contributed by atoms with Crippen molar-refractivity contribution in [3.63, 3.8) is 0 Å². The molecule has 0 unspecified atom stereocenters. The Morgan fingerprint density at radius 1 is 1.43 bits per heavy atom. The van der Waals surface area contributed by atoms with Crippen molar-refractivity contribution in [2.45, 2.75) is 39.2 Å². The van der Waals surface area contributed by atoms with Crippen molar-refractivity contribution in [1.82, 2.24) is 9.88 Å². The fourth-order valence-electron chi connectivity index (χ4n) is 2.84. The van der Waals surface area contributed by atoms with Crippen LogP contribution in [0.15, 0.2) is 12.1 Å². The van der Waals surface area contributed by atoms with E-state index in [0.717, 1.165) is 33.9 Å². The van der Waals surface area contributed by atoms with E-state index in [0.29, 0.717) is 6.42 Å². The minimum Gasteiger partial charge on any atom is -0.341 e. The quantitative estimate of drug-likeness (QED) is 0.843. The van der Waals surface area contributed by atoms with E-state index in [2.05, 4.69) is 24.0 Å². The number of likely N-dealkylation sites (tertiary alicyclic amines) is 1. The first-order valence-electron chi connectivity index (χ1n) is 7.09. The smallest absolute Gasteiger partial charge is 0.228 e. The molecule has 3 nitrogen and oxygen atoms in total. The van der Waals surface area contributed by atoms with E-state index < -0.39 is 0 Å². The molecule has 1 aliphatic heterocycles. The van der Waals surface area contributed by atoms with Gasteiger partial charge in [-0.3, -0.25) is 4.79 Å². The number of nitrogens with one attached hydrogen (secondary N) is 1. The van der Waals surface area contributed by atoms with Crippen molar-refractivity contribution in [1.29, 1.82) is 0 Å². The molecular weight excluding hydrogens is 320 g/mol. The third-order valence-corrected chi connectivity index (χ3v) is 6.34. The molecule has 1 aliphatic rings. The summed E-state index contributed by atoms with van der Waals surface area (Å²) in [6, 6.07) is 4.58. The first kappa shape index (κ1) is 14.9. The molecule has 0 radical (unpaired) electrons. The zero-order valence-electron chi connectivity index (χ0n) is 12.1. The lowest BCUT2D eigenvalue weighted by Gasteiger charge is -2.23. The van der Waals surface area contributed by atoms with Gasteiger partial charge in [-0.15, -0.1) is 22.7 Å². The summed E-state index contributed by atoms with van der Waals surface area (Å²) in [4.78, 5) is 21.5. The maximum atomic E-state index is 12.7. The number of carbonyl (C=O) groups excluding carboxylic acids is 1. The predicted octanol–water partition coefficient (Wildman–Crippen LogP) is 4.39. The van der Waals surface area contributed by atoms with E-state index in [4.69, 9.17) is 12.2 Å². The molecule has 112 valence electrons. The van der Waals surface area contributed by atoms with Gasteiger partial charge < -0.3 is 9.88 Å². The van der Waals surface area contributed by atoms with Gasteiger partial charge in [0.2, 0.25) is 5.91 Å². The highest BCUT2D eigenvalue weighted by atomic mass is 32.1. The third-order valence-electron chi connectivity index (χ3n) is 3.90. The van der Waals surface area contributed by atoms with Crippen LogP contribution in [0.1, 0.15) is 39.2 Å². The molecule has 1 amide bonds. The fraction of sp³-hybridized carbons (Fsp3) is 0.467. The largest absolute Gasteiger partial charge is 0.341 e. The Balaban J connectivity index is 1.77. The van der Waals surface area contributed by atoms with E-state index >= 15 is 0 Å². The van der Waals surface area contributed by atoms with Crippen LogP contribution in [-0.2, 0) is 11.2 Å². The topological polar surface area (TPSA) is 36.1 Å². The summed E-state index contributed by atoms with van der Waals surface area (Å²) in [7, 11) is 0. The lowest BCUT2D eigenvalue weighted by molar-refractivity contribution is -0.131. The molecule has 1 saturated heterocycles. The van der Waals surface area contributed by atoms with Gasteiger partial charge in [0.25, 0.3) is 0 Å². The number of H-pyrrole nitrogens is 1. The summed E-state index contributed by atoms with van der Waals surface area (Å²) in [5, 5.41) is 0. The van der Waals surface area contributed by atoms with Crippen molar-refractivity contribution in [2.24, 2.45) is 0 Å². The molecule has 2 aromatic rings. The van der Waals surface area contributed by atoms with E-state index in [1.807, 2.05) is 11.8 Å². The highest BCUT2D eigenvalue weighted by Gasteiger charge is 2.31. The number of thiophene rings is 1. The Morgan fingerprint density at radius 3 is 2.86 bits per heavy atom. The van der Waals surface area contributed by atoms with Gasteiger partial charge in [0, 0.05) is 26.9 Å². The summed E-state index contributed by atoms with van der Waals surface area (Å²) < 4.78 is 0.752. The predicted molar refractivity (Wildman–Crippen MR) is 90.7 cm³/mol. The van der Waals surface area contributed by atoms with Gasteiger partial charge in [-0.05, 0) is 51.0 Å². The minimum atomic E-state index is 0.219. The first-order valence-corrected chi connectivity index (χ1v) is 9.13. The standard InChI is InChI=1S/C15H18N2OS3/c1-9-5-6-12(20-9)11-4-3-7-17(11)14(18)8-13-10(2)16-15(19)21-13/h5-6,11H,3-4,7-8H2,1-2H3,(H,16,19)/t11-/m0/s1. The molecule has 3 heterocycles. The number of hydrogen-bond acceptors (Lipinski definition) is 4. The number of hydrogen-bond donors (Lipinski definition) is 1. The van der Waals surface area contributed by atoms with Gasteiger partial charge in [-0.2, -0.15) is 0 Å². The number of thiazole rings is 1. The average molecular weight is 339 g/mol. The molecule has 21 heavy (non-hydrogen) atoms. The van der Waals surface area contributed by atoms with Crippen molar-refractivity contribution < 1.29 is 4.79 Å². The monoisotopic (exact) mass is 338 g/mol. The van der Waals surface area contributed by atoms with Gasteiger partial charge in [0.05, 0.1) is 12.5 Å². The second kappa shape index (κ2) is 6.02. The van der Waals surface area contributed by atoms with Crippen molar-refractivity contribution in [2.75, 3.05) is 6.54 Å². The van der Waals surface area contributed by atoms with Crippen LogP contribution in [0.25, 0.3) is 0 Å². The average Bonchev–Trinajstić information content (AvgIpc) is 3.10. The second-order valence-electron chi connectivity index (χ2n) is 5.43. The van der Waals surface area contributed by atoms with E-state index in [9.17, 15) is 4.79 Å². The summed E-state index contributed by atoms with van der Waals surface area (Å²) in [6.45, 7) is 4.97. The number of aromatic amines is 1.